The first-order chi connectivity index (χ1) is 9.06. The number of hydrogen-bond donors (Lipinski definition) is 0. The number of hydrogen-bond acceptors (Lipinski definition) is 3. The van der Waals surface area contributed by atoms with Crippen LogP contribution in [0.3, 0.4) is 0 Å². The lowest BCUT2D eigenvalue weighted by atomic mass is 10.1. The molecule has 1 aromatic rings. The van der Waals surface area contributed by atoms with Crippen LogP contribution in [-0.4, -0.2) is 31.7 Å². The first-order valence-corrected chi connectivity index (χ1v) is 6.84. The molecule has 4 heteroatoms. The average Bonchev–Trinajstić information content (AvgIpc) is 2.37. The molecule has 0 saturated heterocycles. The Bertz CT molecular complexity index is 440. The van der Waals surface area contributed by atoms with Crippen LogP contribution in [-0.2, 0) is 11.3 Å². The molecule has 104 valence electrons. The molecule has 3 nitrogen and oxygen atoms in total. The van der Waals surface area contributed by atoms with Gasteiger partial charge in [-0.2, -0.15) is 5.26 Å². The van der Waals surface area contributed by atoms with Gasteiger partial charge in [-0.05, 0) is 23.6 Å². The van der Waals surface area contributed by atoms with E-state index in [2.05, 4.69) is 24.8 Å². The predicted molar refractivity (Wildman–Crippen MR) is 78.2 cm³/mol. The van der Waals surface area contributed by atoms with Crippen LogP contribution < -0.4 is 0 Å². The van der Waals surface area contributed by atoms with Crippen molar-refractivity contribution in [3.8, 4) is 6.07 Å². The molecule has 0 heterocycles. The van der Waals surface area contributed by atoms with Crippen LogP contribution >= 0.6 is 11.6 Å². The first-order valence-electron chi connectivity index (χ1n) is 6.46. The van der Waals surface area contributed by atoms with Gasteiger partial charge >= 0.3 is 0 Å². The van der Waals surface area contributed by atoms with Gasteiger partial charge in [0.15, 0.2) is 0 Å². The van der Waals surface area contributed by atoms with E-state index >= 15 is 0 Å². The Morgan fingerprint density at radius 2 is 2.16 bits per heavy atom. The highest BCUT2D eigenvalue weighted by molar-refractivity contribution is 6.31. The highest BCUT2D eigenvalue weighted by Crippen LogP contribution is 2.19. The van der Waals surface area contributed by atoms with Gasteiger partial charge in [0.05, 0.1) is 18.2 Å². The molecule has 1 rings (SSSR count). The van der Waals surface area contributed by atoms with Gasteiger partial charge < -0.3 is 4.74 Å². The monoisotopic (exact) mass is 280 g/mol. The average molecular weight is 281 g/mol. The lowest BCUT2D eigenvalue weighted by molar-refractivity contribution is 0.136. The molecule has 0 aliphatic rings. The fourth-order valence-corrected chi connectivity index (χ4v) is 2.20. The van der Waals surface area contributed by atoms with Crippen LogP contribution in [0.15, 0.2) is 18.2 Å². The Labute approximate surface area is 120 Å². The number of methoxy groups -OCH3 is 1. The van der Waals surface area contributed by atoms with Crippen LogP contribution in [0.1, 0.15) is 25.0 Å². The van der Waals surface area contributed by atoms with E-state index in [4.69, 9.17) is 21.6 Å². The highest BCUT2D eigenvalue weighted by atomic mass is 35.5. The molecule has 0 aliphatic heterocycles. The molecular weight excluding hydrogens is 260 g/mol. The topological polar surface area (TPSA) is 36.3 Å². The smallest absolute Gasteiger partial charge is 0.0992 e. The van der Waals surface area contributed by atoms with Crippen molar-refractivity contribution in [1.29, 1.82) is 5.26 Å². The molecule has 0 amide bonds. The maximum absolute atomic E-state index is 8.83. The number of rotatable bonds is 7. The standard InChI is InChI=1S/C15H21ClN2O/c1-12(2)10-18(6-7-19-3)11-14-5-4-13(9-17)8-15(14)16/h4-5,8,12H,6-7,10-11H2,1-3H3. The number of benzene rings is 1. The maximum atomic E-state index is 8.83. The summed E-state index contributed by atoms with van der Waals surface area (Å²) in [6, 6.07) is 7.56. The molecule has 0 saturated carbocycles. The second-order valence-electron chi connectivity index (χ2n) is 5.04. The summed E-state index contributed by atoms with van der Waals surface area (Å²) >= 11 is 6.21. The third kappa shape index (κ3) is 5.61. The highest BCUT2D eigenvalue weighted by Gasteiger charge is 2.10. The number of nitriles is 1. The quantitative estimate of drug-likeness (QED) is 0.769. The van der Waals surface area contributed by atoms with Crippen LogP contribution in [0, 0.1) is 17.2 Å². The van der Waals surface area contributed by atoms with Gasteiger partial charge in [-0.25, -0.2) is 0 Å². The van der Waals surface area contributed by atoms with E-state index in [1.54, 1.807) is 13.2 Å². The third-order valence-electron chi connectivity index (χ3n) is 2.81. The van der Waals surface area contributed by atoms with Gasteiger partial charge in [-0.1, -0.05) is 31.5 Å². The molecular formula is C15H21ClN2O. The Hall–Kier alpha value is -1.08. The molecule has 19 heavy (non-hydrogen) atoms. The van der Waals surface area contributed by atoms with Crippen molar-refractivity contribution in [2.75, 3.05) is 26.8 Å². The molecule has 0 radical (unpaired) electrons. The summed E-state index contributed by atoms with van der Waals surface area (Å²) < 4.78 is 5.14. The van der Waals surface area contributed by atoms with E-state index in [0.29, 0.717) is 23.1 Å². The van der Waals surface area contributed by atoms with Crippen LogP contribution in [0.25, 0.3) is 0 Å². The second kappa shape index (κ2) is 8.16. The van der Waals surface area contributed by atoms with E-state index in [9.17, 15) is 0 Å². The number of halogens is 1. The van der Waals surface area contributed by atoms with Crippen molar-refractivity contribution in [3.63, 3.8) is 0 Å². The second-order valence-corrected chi connectivity index (χ2v) is 5.45. The largest absolute Gasteiger partial charge is 0.383 e. The van der Waals surface area contributed by atoms with Gasteiger partial charge in [0.25, 0.3) is 0 Å². The van der Waals surface area contributed by atoms with Crippen LogP contribution in [0.5, 0.6) is 0 Å². The van der Waals surface area contributed by atoms with Crippen molar-refractivity contribution in [2.45, 2.75) is 20.4 Å². The molecule has 1 aromatic carbocycles. The Balaban J connectivity index is 2.75. The van der Waals surface area contributed by atoms with E-state index < -0.39 is 0 Å². The van der Waals surface area contributed by atoms with E-state index in [0.717, 1.165) is 25.2 Å². The van der Waals surface area contributed by atoms with Crippen molar-refractivity contribution >= 4 is 11.6 Å². The van der Waals surface area contributed by atoms with E-state index in [1.807, 2.05) is 12.1 Å². The summed E-state index contributed by atoms with van der Waals surface area (Å²) in [5, 5.41) is 9.49. The summed E-state index contributed by atoms with van der Waals surface area (Å²) in [4.78, 5) is 2.32. The lowest BCUT2D eigenvalue weighted by Gasteiger charge is -2.24. The van der Waals surface area contributed by atoms with Crippen molar-refractivity contribution in [1.82, 2.24) is 4.90 Å². The third-order valence-corrected chi connectivity index (χ3v) is 3.16. The molecule has 0 spiro atoms. The molecule has 0 atom stereocenters. The SMILES string of the molecule is COCCN(Cc1ccc(C#N)cc1Cl)CC(C)C. The molecule has 0 N–H and O–H groups in total. The molecule has 0 aliphatic carbocycles. The van der Waals surface area contributed by atoms with Gasteiger partial charge in [0.2, 0.25) is 0 Å². The minimum atomic E-state index is 0.592. The summed E-state index contributed by atoms with van der Waals surface area (Å²) in [5.41, 5.74) is 1.65. The fraction of sp³-hybridized carbons (Fsp3) is 0.533. The van der Waals surface area contributed by atoms with Gasteiger partial charge in [-0.3, -0.25) is 4.90 Å². The minimum absolute atomic E-state index is 0.592. The summed E-state index contributed by atoms with van der Waals surface area (Å²) in [5.74, 6) is 0.592. The first kappa shape index (κ1) is 16.0. The molecule has 0 aromatic heterocycles. The lowest BCUT2D eigenvalue weighted by Crippen LogP contribution is -2.30. The van der Waals surface area contributed by atoms with E-state index in [-0.39, 0.29) is 0 Å². The zero-order valence-electron chi connectivity index (χ0n) is 11.8. The van der Waals surface area contributed by atoms with E-state index in [1.165, 1.54) is 0 Å². The zero-order valence-corrected chi connectivity index (χ0v) is 12.6. The summed E-state index contributed by atoms with van der Waals surface area (Å²) in [7, 11) is 1.71. The predicted octanol–water partition coefficient (Wildman–Crippen LogP) is 3.32. The maximum Gasteiger partial charge on any atom is 0.0992 e. The van der Waals surface area contributed by atoms with Crippen molar-refractivity contribution in [2.24, 2.45) is 5.92 Å². The van der Waals surface area contributed by atoms with Gasteiger partial charge in [-0.15, -0.1) is 0 Å². The Morgan fingerprint density at radius 1 is 1.42 bits per heavy atom. The molecule has 0 bridgehead atoms. The fourth-order valence-electron chi connectivity index (χ4n) is 1.96. The summed E-state index contributed by atoms with van der Waals surface area (Å²) in [6.07, 6.45) is 0. The van der Waals surface area contributed by atoms with Gasteiger partial charge in [0.1, 0.15) is 0 Å². The number of ether oxygens (including phenoxy) is 1. The molecule has 0 fully saturated rings. The minimum Gasteiger partial charge on any atom is -0.383 e. The van der Waals surface area contributed by atoms with Crippen LogP contribution in [0.4, 0.5) is 0 Å². The van der Waals surface area contributed by atoms with Crippen molar-refractivity contribution in [3.05, 3.63) is 34.3 Å². The van der Waals surface area contributed by atoms with Gasteiger partial charge in [0, 0.05) is 31.8 Å². The summed E-state index contributed by atoms with van der Waals surface area (Å²) in [6.45, 7) is 7.76. The van der Waals surface area contributed by atoms with Crippen molar-refractivity contribution < 1.29 is 4.74 Å². The zero-order chi connectivity index (χ0) is 14.3. The van der Waals surface area contributed by atoms with Crippen LogP contribution in [0.2, 0.25) is 5.02 Å². The number of nitrogens with zero attached hydrogens (tertiary/aromatic N) is 2. The Morgan fingerprint density at radius 3 is 2.68 bits per heavy atom. The molecule has 0 unspecified atom stereocenters. The normalized spacial score (nSPS) is 11.0. The Kier molecular flexibility index (Phi) is 6.86.